The summed E-state index contributed by atoms with van der Waals surface area (Å²) >= 11 is 3.69. The van der Waals surface area contributed by atoms with Crippen LogP contribution in [0.15, 0.2) is 14.1 Å². The largest absolute Gasteiger partial charge is 0.478 e. The molecule has 4 nitrogen and oxygen atoms in total. The molecular weight excluding hydrogens is 304 g/mol. The van der Waals surface area contributed by atoms with Crippen LogP contribution in [0.2, 0.25) is 0 Å². The summed E-state index contributed by atoms with van der Waals surface area (Å²) in [6, 6.07) is 1.01. The van der Waals surface area contributed by atoms with Crippen molar-refractivity contribution in [2.45, 2.75) is 4.21 Å². The standard InChI is InChI=1S/C5H2BrClO4S2/c6-4-2(5(8)9)1-3(12-4)13(7,10)11/h1H,(H,8,9). The highest BCUT2D eigenvalue weighted by Gasteiger charge is 2.20. The first-order chi connectivity index (χ1) is 5.82. The van der Waals surface area contributed by atoms with Crippen molar-refractivity contribution in [3.63, 3.8) is 0 Å². The summed E-state index contributed by atoms with van der Waals surface area (Å²) in [6.45, 7) is 0. The Kier molecular flexibility index (Phi) is 3.01. The Morgan fingerprint density at radius 1 is 1.62 bits per heavy atom. The van der Waals surface area contributed by atoms with E-state index >= 15 is 0 Å². The lowest BCUT2D eigenvalue weighted by molar-refractivity contribution is 0.0696. The van der Waals surface area contributed by atoms with E-state index in [9.17, 15) is 13.2 Å². The molecule has 0 aromatic carbocycles. The molecule has 0 saturated carbocycles. The third kappa shape index (κ3) is 2.43. The predicted molar refractivity (Wildman–Crippen MR) is 52.0 cm³/mol. The lowest BCUT2D eigenvalue weighted by atomic mass is 10.4. The third-order valence-electron chi connectivity index (χ3n) is 1.13. The smallest absolute Gasteiger partial charge is 0.337 e. The highest BCUT2D eigenvalue weighted by atomic mass is 79.9. The predicted octanol–water partition coefficient (Wildman–Crippen LogP) is 2.14. The average Bonchev–Trinajstić information content (AvgIpc) is 2.29. The number of hydrogen-bond acceptors (Lipinski definition) is 4. The zero-order chi connectivity index (χ0) is 10.2. The van der Waals surface area contributed by atoms with E-state index in [1.165, 1.54) is 0 Å². The number of aromatic carboxylic acids is 1. The Labute approximate surface area is 90.7 Å². The summed E-state index contributed by atoms with van der Waals surface area (Å²) in [5, 5.41) is 8.58. The lowest BCUT2D eigenvalue weighted by Crippen LogP contribution is -1.94. The first-order valence-corrected chi connectivity index (χ1v) is 6.71. The fraction of sp³-hybridized carbons (Fsp3) is 0. The fourth-order valence-corrected chi connectivity index (χ4v) is 3.68. The van der Waals surface area contributed by atoms with Crippen molar-refractivity contribution in [1.29, 1.82) is 0 Å². The zero-order valence-electron chi connectivity index (χ0n) is 5.82. The van der Waals surface area contributed by atoms with Gasteiger partial charge in [0.2, 0.25) is 0 Å². The van der Waals surface area contributed by atoms with Gasteiger partial charge in [0, 0.05) is 10.7 Å². The minimum absolute atomic E-state index is 0.107. The van der Waals surface area contributed by atoms with Crippen LogP contribution in [0.5, 0.6) is 0 Å². The van der Waals surface area contributed by atoms with Crippen LogP contribution in [0.3, 0.4) is 0 Å². The van der Waals surface area contributed by atoms with Gasteiger partial charge in [-0.15, -0.1) is 11.3 Å². The van der Waals surface area contributed by atoms with Crippen molar-refractivity contribution < 1.29 is 18.3 Å². The Hall–Kier alpha value is -0.110. The van der Waals surface area contributed by atoms with E-state index in [0.29, 0.717) is 0 Å². The lowest BCUT2D eigenvalue weighted by Gasteiger charge is -1.85. The molecule has 1 aromatic heterocycles. The third-order valence-corrected chi connectivity index (χ3v) is 5.05. The van der Waals surface area contributed by atoms with Gasteiger partial charge in [0.05, 0.1) is 9.35 Å². The van der Waals surface area contributed by atoms with Crippen LogP contribution < -0.4 is 0 Å². The summed E-state index contributed by atoms with van der Waals surface area (Å²) in [5.74, 6) is -1.20. The maximum atomic E-state index is 10.8. The second-order valence-corrected chi connectivity index (χ2v) is 7.16. The van der Waals surface area contributed by atoms with Gasteiger partial charge in [0.1, 0.15) is 4.21 Å². The maximum Gasteiger partial charge on any atom is 0.337 e. The van der Waals surface area contributed by atoms with Gasteiger partial charge < -0.3 is 5.11 Å². The summed E-state index contributed by atoms with van der Waals surface area (Å²) in [7, 11) is 1.18. The molecule has 0 atom stereocenters. The van der Waals surface area contributed by atoms with Gasteiger partial charge in [0.15, 0.2) is 0 Å². The molecule has 1 heterocycles. The molecule has 0 amide bonds. The summed E-state index contributed by atoms with van der Waals surface area (Å²) in [4.78, 5) is 10.5. The molecule has 0 spiro atoms. The van der Waals surface area contributed by atoms with Crippen molar-refractivity contribution >= 4 is 53.0 Å². The first-order valence-electron chi connectivity index (χ1n) is 2.79. The molecule has 0 aliphatic carbocycles. The van der Waals surface area contributed by atoms with E-state index in [1.54, 1.807) is 0 Å². The minimum atomic E-state index is -3.84. The molecule has 1 N–H and O–H groups in total. The number of halogens is 2. The first kappa shape index (κ1) is 11.0. The number of rotatable bonds is 2. The number of carboxylic acids is 1. The topological polar surface area (TPSA) is 71.4 Å². The van der Waals surface area contributed by atoms with Crippen molar-refractivity contribution in [3.05, 3.63) is 15.4 Å². The zero-order valence-corrected chi connectivity index (χ0v) is 9.80. The molecule has 0 aliphatic heterocycles. The Morgan fingerprint density at radius 2 is 2.15 bits per heavy atom. The summed E-state index contributed by atoms with van der Waals surface area (Å²) in [6.07, 6.45) is 0. The van der Waals surface area contributed by atoms with Crippen LogP contribution >= 0.6 is 37.9 Å². The average molecular weight is 306 g/mol. The molecule has 0 unspecified atom stereocenters. The second-order valence-electron chi connectivity index (χ2n) is 2.00. The molecule has 13 heavy (non-hydrogen) atoms. The van der Waals surface area contributed by atoms with E-state index in [4.69, 9.17) is 15.8 Å². The van der Waals surface area contributed by atoms with Crippen molar-refractivity contribution in [2.75, 3.05) is 0 Å². The molecule has 72 valence electrons. The van der Waals surface area contributed by atoms with Crippen LogP contribution in [-0.4, -0.2) is 19.5 Å². The monoisotopic (exact) mass is 304 g/mol. The highest BCUT2D eigenvalue weighted by Crippen LogP contribution is 2.32. The SMILES string of the molecule is O=C(O)c1cc(S(=O)(=O)Cl)sc1Br. The molecule has 0 fully saturated rings. The van der Waals surface area contributed by atoms with Gasteiger partial charge in [-0.3, -0.25) is 0 Å². The molecule has 0 radical (unpaired) electrons. The van der Waals surface area contributed by atoms with E-state index in [-0.39, 0.29) is 13.6 Å². The van der Waals surface area contributed by atoms with E-state index < -0.39 is 15.0 Å². The fourth-order valence-electron chi connectivity index (χ4n) is 0.613. The molecule has 1 rings (SSSR count). The van der Waals surface area contributed by atoms with Crippen molar-refractivity contribution in [2.24, 2.45) is 0 Å². The summed E-state index contributed by atoms with van der Waals surface area (Å²) < 4.78 is 21.6. The van der Waals surface area contributed by atoms with Crippen LogP contribution in [-0.2, 0) is 9.05 Å². The van der Waals surface area contributed by atoms with Gasteiger partial charge in [0.25, 0.3) is 9.05 Å². The normalized spacial score (nSPS) is 11.5. The van der Waals surface area contributed by atoms with Crippen molar-refractivity contribution in [3.8, 4) is 0 Å². The molecule has 0 bridgehead atoms. The molecule has 0 saturated heterocycles. The maximum absolute atomic E-state index is 10.8. The summed E-state index contributed by atoms with van der Waals surface area (Å²) in [5.41, 5.74) is -0.107. The van der Waals surface area contributed by atoms with Gasteiger partial charge in [-0.1, -0.05) is 0 Å². The van der Waals surface area contributed by atoms with Crippen LogP contribution in [0.1, 0.15) is 10.4 Å². The second kappa shape index (κ2) is 3.56. The van der Waals surface area contributed by atoms with Gasteiger partial charge in [-0.25, -0.2) is 13.2 Å². The molecule has 1 aromatic rings. The quantitative estimate of drug-likeness (QED) is 0.850. The number of carbonyl (C=O) groups is 1. The molecule has 8 heteroatoms. The van der Waals surface area contributed by atoms with Crippen LogP contribution in [0.4, 0.5) is 0 Å². The molecule has 0 aliphatic rings. The number of thiophene rings is 1. The highest BCUT2D eigenvalue weighted by molar-refractivity contribution is 9.11. The van der Waals surface area contributed by atoms with Gasteiger partial charge in [-0.2, -0.15) is 0 Å². The van der Waals surface area contributed by atoms with Gasteiger partial charge in [-0.05, 0) is 22.0 Å². The Morgan fingerprint density at radius 3 is 2.38 bits per heavy atom. The Bertz CT molecular complexity index is 449. The van der Waals surface area contributed by atoms with Crippen LogP contribution in [0, 0.1) is 0 Å². The Balaban J connectivity index is 3.33. The number of hydrogen-bond donors (Lipinski definition) is 1. The number of carboxylic acid groups (broad SMARTS) is 1. The minimum Gasteiger partial charge on any atom is -0.478 e. The van der Waals surface area contributed by atoms with Crippen molar-refractivity contribution in [1.82, 2.24) is 0 Å². The van der Waals surface area contributed by atoms with Gasteiger partial charge >= 0.3 is 5.97 Å². The molecular formula is C5H2BrClO4S2. The van der Waals surface area contributed by atoms with Crippen LogP contribution in [0.25, 0.3) is 0 Å². The van der Waals surface area contributed by atoms with E-state index in [0.717, 1.165) is 17.4 Å². The van der Waals surface area contributed by atoms with E-state index in [2.05, 4.69) is 15.9 Å². The van der Waals surface area contributed by atoms with E-state index in [1.807, 2.05) is 0 Å².